The number of rotatable bonds is 2. The predicted octanol–water partition coefficient (Wildman–Crippen LogP) is 0.647. The number of nitrogens with zero attached hydrogens (tertiary/aromatic N) is 2. The highest BCUT2D eigenvalue weighted by atomic mass is 32.2. The molecule has 7 heteroatoms. The molecule has 0 aromatic carbocycles. The SMILES string of the molecule is O=C(NC1CCS(=O)C1)c1csc2cncn12. The van der Waals surface area contributed by atoms with Crippen LogP contribution in [-0.2, 0) is 10.8 Å². The first kappa shape index (κ1) is 10.9. The zero-order valence-electron chi connectivity index (χ0n) is 8.96. The van der Waals surface area contributed by atoms with E-state index in [4.69, 9.17) is 0 Å². The second kappa shape index (κ2) is 4.23. The van der Waals surface area contributed by atoms with Gasteiger partial charge in [-0.2, -0.15) is 0 Å². The number of thiazole rings is 1. The summed E-state index contributed by atoms with van der Waals surface area (Å²) in [5, 5.41) is 4.74. The Bertz CT molecular complexity index is 589. The number of nitrogens with one attached hydrogen (secondary N) is 1. The molecule has 2 atom stereocenters. The number of carbonyl (C=O) groups excluding carboxylic acids is 1. The van der Waals surface area contributed by atoms with Crippen LogP contribution in [0.1, 0.15) is 16.9 Å². The standard InChI is InChI=1S/C10H11N3O2S2/c14-10(12-7-1-2-17(15)5-7)8-4-16-9-3-11-6-13(8)9/h3-4,6-7H,1-2,5H2,(H,12,14). The van der Waals surface area contributed by atoms with Gasteiger partial charge in [0.05, 0.1) is 6.20 Å². The molecule has 1 aliphatic rings. The monoisotopic (exact) mass is 269 g/mol. The molecule has 2 unspecified atom stereocenters. The van der Waals surface area contributed by atoms with E-state index in [-0.39, 0.29) is 11.9 Å². The fourth-order valence-electron chi connectivity index (χ4n) is 1.92. The highest BCUT2D eigenvalue weighted by molar-refractivity contribution is 7.85. The Hall–Kier alpha value is -1.21. The van der Waals surface area contributed by atoms with Crippen LogP contribution >= 0.6 is 11.3 Å². The zero-order valence-corrected chi connectivity index (χ0v) is 10.6. The van der Waals surface area contributed by atoms with Gasteiger partial charge in [0, 0.05) is 33.7 Å². The van der Waals surface area contributed by atoms with Crippen LogP contribution in [0.4, 0.5) is 0 Å². The molecule has 1 aliphatic heterocycles. The van der Waals surface area contributed by atoms with E-state index >= 15 is 0 Å². The molecule has 1 N–H and O–H groups in total. The van der Waals surface area contributed by atoms with Crippen molar-refractivity contribution in [2.75, 3.05) is 11.5 Å². The van der Waals surface area contributed by atoms with Crippen molar-refractivity contribution in [3.05, 3.63) is 23.6 Å². The lowest BCUT2D eigenvalue weighted by Gasteiger charge is -2.09. The first-order valence-electron chi connectivity index (χ1n) is 5.29. The summed E-state index contributed by atoms with van der Waals surface area (Å²) in [6.45, 7) is 0. The maximum atomic E-state index is 12.0. The van der Waals surface area contributed by atoms with Gasteiger partial charge < -0.3 is 5.32 Å². The van der Waals surface area contributed by atoms with E-state index in [1.54, 1.807) is 16.9 Å². The number of fused-ring (bicyclic) bond motifs is 1. The van der Waals surface area contributed by atoms with Crippen molar-refractivity contribution < 1.29 is 9.00 Å². The molecule has 2 aromatic rings. The number of amides is 1. The number of aromatic nitrogens is 2. The molecule has 2 aromatic heterocycles. The third-order valence-electron chi connectivity index (χ3n) is 2.80. The van der Waals surface area contributed by atoms with Crippen molar-refractivity contribution in [2.45, 2.75) is 12.5 Å². The Morgan fingerprint density at radius 2 is 2.53 bits per heavy atom. The van der Waals surface area contributed by atoms with Gasteiger partial charge in [-0.15, -0.1) is 11.3 Å². The molecule has 0 spiro atoms. The topological polar surface area (TPSA) is 63.5 Å². The van der Waals surface area contributed by atoms with Gasteiger partial charge in [-0.05, 0) is 6.42 Å². The summed E-state index contributed by atoms with van der Waals surface area (Å²) in [6, 6.07) is 0.0433. The molecule has 1 saturated heterocycles. The first-order chi connectivity index (χ1) is 8.24. The van der Waals surface area contributed by atoms with Crippen LogP contribution in [0.5, 0.6) is 0 Å². The van der Waals surface area contributed by atoms with E-state index in [0.717, 1.165) is 11.3 Å². The lowest BCUT2D eigenvalue weighted by atomic mass is 10.2. The smallest absolute Gasteiger partial charge is 0.269 e. The molecule has 0 radical (unpaired) electrons. The Morgan fingerprint density at radius 1 is 1.65 bits per heavy atom. The molecule has 17 heavy (non-hydrogen) atoms. The molecule has 0 saturated carbocycles. The van der Waals surface area contributed by atoms with Crippen molar-refractivity contribution in [1.82, 2.24) is 14.7 Å². The van der Waals surface area contributed by atoms with Crippen LogP contribution in [-0.4, -0.2) is 37.0 Å². The molecule has 1 fully saturated rings. The van der Waals surface area contributed by atoms with Crippen LogP contribution < -0.4 is 5.32 Å². The molecular weight excluding hydrogens is 258 g/mol. The number of carbonyl (C=O) groups is 1. The first-order valence-corrected chi connectivity index (χ1v) is 7.66. The van der Waals surface area contributed by atoms with Crippen LogP contribution in [0.3, 0.4) is 0 Å². The average Bonchev–Trinajstić information content (AvgIpc) is 2.93. The van der Waals surface area contributed by atoms with Crippen LogP contribution in [0.2, 0.25) is 0 Å². The van der Waals surface area contributed by atoms with Gasteiger partial charge in [0.25, 0.3) is 5.91 Å². The highest BCUT2D eigenvalue weighted by Gasteiger charge is 2.24. The van der Waals surface area contributed by atoms with E-state index < -0.39 is 10.8 Å². The summed E-state index contributed by atoms with van der Waals surface area (Å²) in [5.74, 6) is 1.15. The Kier molecular flexibility index (Phi) is 2.71. The zero-order chi connectivity index (χ0) is 11.8. The third kappa shape index (κ3) is 2.00. The average molecular weight is 269 g/mol. The molecule has 5 nitrogen and oxygen atoms in total. The van der Waals surface area contributed by atoms with Gasteiger partial charge in [0.2, 0.25) is 0 Å². The molecular formula is C10H11N3O2S2. The Balaban J connectivity index is 1.78. The minimum absolute atomic E-state index is 0.0433. The second-order valence-corrected chi connectivity index (χ2v) is 6.50. The largest absolute Gasteiger partial charge is 0.347 e. The summed E-state index contributed by atoms with van der Waals surface area (Å²) in [7, 11) is -0.767. The normalized spacial score (nSPS) is 24.2. The molecule has 0 bridgehead atoms. The van der Waals surface area contributed by atoms with E-state index in [1.165, 1.54) is 11.3 Å². The summed E-state index contributed by atoms with van der Waals surface area (Å²) in [4.78, 5) is 17.0. The number of hydrogen-bond acceptors (Lipinski definition) is 4. The molecule has 3 rings (SSSR count). The van der Waals surface area contributed by atoms with Gasteiger partial charge in [0.1, 0.15) is 16.9 Å². The van der Waals surface area contributed by atoms with E-state index in [9.17, 15) is 9.00 Å². The fraction of sp³-hybridized carbons (Fsp3) is 0.400. The molecule has 3 heterocycles. The van der Waals surface area contributed by atoms with Crippen molar-refractivity contribution in [3.63, 3.8) is 0 Å². The quantitative estimate of drug-likeness (QED) is 0.870. The lowest BCUT2D eigenvalue weighted by molar-refractivity contribution is 0.0935. The number of imidazole rings is 1. The van der Waals surface area contributed by atoms with Crippen LogP contribution in [0.25, 0.3) is 4.83 Å². The molecule has 1 amide bonds. The molecule has 90 valence electrons. The van der Waals surface area contributed by atoms with Gasteiger partial charge in [0.15, 0.2) is 0 Å². The fourth-order valence-corrected chi connectivity index (χ4v) is 4.17. The van der Waals surface area contributed by atoms with Crippen LogP contribution in [0, 0.1) is 0 Å². The summed E-state index contributed by atoms with van der Waals surface area (Å²) in [6.07, 6.45) is 4.16. The summed E-state index contributed by atoms with van der Waals surface area (Å²) < 4.78 is 13.0. The van der Waals surface area contributed by atoms with Gasteiger partial charge in [-0.1, -0.05) is 0 Å². The third-order valence-corrected chi connectivity index (χ3v) is 5.15. The van der Waals surface area contributed by atoms with E-state index in [1.807, 2.05) is 5.38 Å². The second-order valence-electron chi connectivity index (χ2n) is 3.99. The van der Waals surface area contributed by atoms with Crippen molar-refractivity contribution in [2.24, 2.45) is 0 Å². The Morgan fingerprint density at radius 3 is 3.29 bits per heavy atom. The van der Waals surface area contributed by atoms with Gasteiger partial charge in [-0.3, -0.25) is 13.4 Å². The number of hydrogen-bond donors (Lipinski definition) is 1. The molecule has 0 aliphatic carbocycles. The Labute approximate surface area is 104 Å². The maximum absolute atomic E-state index is 12.0. The van der Waals surface area contributed by atoms with Gasteiger partial charge >= 0.3 is 0 Å². The van der Waals surface area contributed by atoms with Crippen molar-refractivity contribution in [3.8, 4) is 0 Å². The summed E-state index contributed by atoms with van der Waals surface area (Å²) >= 11 is 1.49. The maximum Gasteiger partial charge on any atom is 0.269 e. The van der Waals surface area contributed by atoms with Gasteiger partial charge in [-0.25, -0.2) is 4.98 Å². The van der Waals surface area contributed by atoms with E-state index in [0.29, 0.717) is 17.2 Å². The predicted molar refractivity (Wildman–Crippen MR) is 66.8 cm³/mol. The minimum atomic E-state index is -0.767. The summed E-state index contributed by atoms with van der Waals surface area (Å²) in [5.41, 5.74) is 0.597. The lowest BCUT2D eigenvalue weighted by Crippen LogP contribution is -2.35. The minimum Gasteiger partial charge on any atom is -0.347 e. The van der Waals surface area contributed by atoms with Crippen molar-refractivity contribution >= 4 is 32.9 Å². The highest BCUT2D eigenvalue weighted by Crippen LogP contribution is 2.16. The van der Waals surface area contributed by atoms with Crippen molar-refractivity contribution in [1.29, 1.82) is 0 Å². The van der Waals surface area contributed by atoms with E-state index in [2.05, 4.69) is 10.3 Å². The van der Waals surface area contributed by atoms with Crippen LogP contribution in [0.15, 0.2) is 17.9 Å².